The Morgan fingerprint density at radius 2 is 2.00 bits per heavy atom. The smallest absolute Gasteiger partial charge is 0.242 e. The molecule has 1 amide bonds. The van der Waals surface area contributed by atoms with E-state index in [0.717, 1.165) is 38.2 Å². The van der Waals surface area contributed by atoms with Crippen molar-refractivity contribution < 1.29 is 9.53 Å². The van der Waals surface area contributed by atoms with E-state index in [2.05, 4.69) is 64.3 Å². The number of carbonyl (C=O) groups excluding carboxylic acids is 1. The van der Waals surface area contributed by atoms with Crippen LogP contribution in [0, 0.1) is 12.8 Å². The van der Waals surface area contributed by atoms with E-state index in [1.54, 1.807) is 0 Å². The number of hydrogen-bond donors (Lipinski definition) is 2. The quantitative estimate of drug-likeness (QED) is 0.403. The fraction of sp³-hybridized carbons (Fsp3) is 0.519. The maximum atomic E-state index is 12.9. The SMILES string of the molecule is CCOCCCNC(=O)[C@H](CC(C)C)Nc1cc(C)nc(N2CCn3c(cc4ccccc43)C2)n1. The van der Waals surface area contributed by atoms with Crippen LogP contribution < -0.4 is 15.5 Å². The van der Waals surface area contributed by atoms with Crippen molar-refractivity contribution in [2.24, 2.45) is 5.92 Å². The Hall–Kier alpha value is -3.13. The van der Waals surface area contributed by atoms with Gasteiger partial charge in [0.05, 0.1) is 6.54 Å². The fourth-order valence-electron chi connectivity index (χ4n) is 4.63. The van der Waals surface area contributed by atoms with Crippen molar-refractivity contribution in [1.82, 2.24) is 19.9 Å². The minimum atomic E-state index is -0.354. The molecule has 1 aromatic carbocycles. The second-order valence-corrected chi connectivity index (χ2v) is 9.63. The third kappa shape index (κ3) is 6.31. The van der Waals surface area contributed by atoms with Crippen molar-refractivity contribution in [2.75, 3.05) is 36.5 Å². The summed E-state index contributed by atoms with van der Waals surface area (Å²) in [6.07, 6.45) is 1.52. The zero-order valence-electron chi connectivity index (χ0n) is 21.4. The summed E-state index contributed by atoms with van der Waals surface area (Å²) in [6, 6.07) is 12.3. The topological polar surface area (TPSA) is 84.3 Å². The lowest BCUT2D eigenvalue weighted by Gasteiger charge is -2.29. The second kappa shape index (κ2) is 11.5. The minimum Gasteiger partial charge on any atom is -0.382 e. The third-order valence-electron chi connectivity index (χ3n) is 6.28. The van der Waals surface area contributed by atoms with Gasteiger partial charge in [0.1, 0.15) is 11.9 Å². The summed E-state index contributed by atoms with van der Waals surface area (Å²) in [5.74, 6) is 1.75. The Kier molecular flexibility index (Phi) is 8.23. The molecule has 0 aliphatic carbocycles. The normalized spacial score (nSPS) is 14.3. The molecule has 3 aromatic rings. The maximum absolute atomic E-state index is 12.9. The number of ether oxygens (including phenoxy) is 1. The maximum Gasteiger partial charge on any atom is 0.242 e. The average Bonchev–Trinajstić information content (AvgIpc) is 3.20. The lowest BCUT2D eigenvalue weighted by molar-refractivity contribution is -0.122. The van der Waals surface area contributed by atoms with Gasteiger partial charge in [0, 0.05) is 55.8 Å². The summed E-state index contributed by atoms with van der Waals surface area (Å²) in [5.41, 5.74) is 3.42. The van der Waals surface area contributed by atoms with Crippen molar-refractivity contribution in [2.45, 2.75) is 59.7 Å². The van der Waals surface area contributed by atoms with Gasteiger partial charge in [-0.2, -0.15) is 4.98 Å². The number of aryl methyl sites for hydroxylation is 1. The van der Waals surface area contributed by atoms with Gasteiger partial charge in [-0.25, -0.2) is 4.98 Å². The molecule has 0 radical (unpaired) electrons. The highest BCUT2D eigenvalue weighted by atomic mass is 16.5. The molecule has 0 spiro atoms. The summed E-state index contributed by atoms with van der Waals surface area (Å²) in [5, 5.41) is 7.71. The van der Waals surface area contributed by atoms with Crippen LogP contribution in [0.5, 0.6) is 0 Å². The first-order valence-corrected chi connectivity index (χ1v) is 12.7. The number of nitrogens with one attached hydrogen (secondary N) is 2. The Balaban J connectivity index is 1.47. The van der Waals surface area contributed by atoms with Crippen molar-refractivity contribution >= 4 is 28.6 Å². The molecule has 3 heterocycles. The van der Waals surface area contributed by atoms with E-state index >= 15 is 0 Å². The van der Waals surface area contributed by atoms with Crippen LogP contribution in [-0.2, 0) is 22.6 Å². The second-order valence-electron chi connectivity index (χ2n) is 9.63. The standard InChI is InChI=1S/C27H38N6O2/c1-5-35-14-8-11-28-26(34)23(15-19(2)3)30-25-16-20(4)29-27(31-25)32-12-13-33-22(18-32)17-21-9-6-7-10-24(21)33/h6-7,9-10,16-17,19,23H,5,8,11-15,18H2,1-4H3,(H,28,34)(H,29,30,31)/t23-/m0/s1. The molecular weight excluding hydrogens is 440 g/mol. The Morgan fingerprint density at radius 1 is 1.17 bits per heavy atom. The number of carbonyl (C=O) groups is 1. The lowest BCUT2D eigenvalue weighted by Crippen LogP contribution is -2.41. The van der Waals surface area contributed by atoms with E-state index in [9.17, 15) is 4.79 Å². The highest BCUT2D eigenvalue weighted by Gasteiger charge is 2.23. The molecule has 2 N–H and O–H groups in total. The Bertz CT molecular complexity index is 1140. The number of para-hydroxylation sites is 1. The molecule has 188 valence electrons. The molecule has 0 unspecified atom stereocenters. The van der Waals surface area contributed by atoms with Crippen LogP contribution in [0.15, 0.2) is 36.4 Å². The number of fused-ring (bicyclic) bond motifs is 3. The predicted molar refractivity (Wildman–Crippen MR) is 141 cm³/mol. The zero-order valence-corrected chi connectivity index (χ0v) is 21.4. The predicted octanol–water partition coefficient (Wildman–Crippen LogP) is 4.13. The van der Waals surface area contributed by atoms with Gasteiger partial charge < -0.3 is 24.8 Å². The van der Waals surface area contributed by atoms with Gasteiger partial charge in [-0.15, -0.1) is 0 Å². The van der Waals surface area contributed by atoms with E-state index in [-0.39, 0.29) is 11.9 Å². The van der Waals surface area contributed by atoms with Gasteiger partial charge in [0.15, 0.2) is 0 Å². The van der Waals surface area contributed by atoms with Crippen molar-refractivity contribution in [1.29, 1.82) is 0 Å². The Labute approximate surface area is 208 Å². The van der Waals surface area contributed by atoms with Crippen LogP contribution in [0.2, 0.25) is 0 Å². The number of aromatic nitrogens is 3. The highest BCUT2D eigenvalue weighted by Crippen LogP contribution is 2.26. The molecule has 4 rings (SSSR count). The van der Waals surface area contributed by atoms with Crippen LogP contribution in [0.4, 0.5) is 11.8 Å². The number of hydrogen-bond acceptors (Lipinski definition) is 6. The minimum absolute atomic E-state index is 0.00416. The summed E-state index contributed by atoms with van der Waals surface area (Å²) in [4.78, 5) is 24.7. The van der Waals surface area contributed by atoms with Gasteiger partial charge in [0.2, 0.25) is 11.9 Å². The van der Waals surface area contributed by atoms with Gasteiger partial charge >= 0.3 is 0 Å². The molecule has 0 saturated heterocycles. The first-order chi connectivity index (χ1) is 16.9. The Morgan fingerprint density at radius 3 is 2.80 bits per heavy atom. The number of anilines is 2. The van der Waals surface area contributed by atoms with Crippen molar-refractivity contribution in [3.63, 3.8) is 0 Å². The number of benzene rings is 1. The van der Waals surface area contributed by atoms with Crippen LogP contribution in [-0.4, -0.2) is 52.8 Å². The van der Waals surface area contributed by atoms with Gasteiger partial charge in [-0.05, 0) is 50.1 Å². The van der Waals surface area contributed by atoms with E-state index in [4.69, 9.17) is 14.7 Å². The van der Waals surface area contributed by atoms with Crippen LogP contribution in [0.25, 0.3) is 10.9 Å². The lowest BCUT2D eigenvalue weighted by atomic mass is 10.0. The van der Waals surface area contributed by atoms with Crippen LogP contribution in [0.1, 0.15) is 45.0 Å². The number of rotatable bonds is 11. The van der Waals surface area contributed by atoms with E-state index in [0.29, 0.717) is 37.4 Å². The first kappa shape index (κ1) is 25.0. The first-order valence-electron chi connectivity index (χ1n) is 12.7. The molecule has 1 atom stereocenters. The molecule has 0 fully saturated rings. The average molecular weight is 479 g/mol. The van der Waals surface area contributed by atoms with Gasteiger partial charge in [-0.1, -0.05) is 32.0 Å². The molecule has 0 saturated carbocycles. The summed E-state index contributed by atoms with van der Waals surface area (Å²) < 4.78 is 7.75. The van der Waals surface area contributed by atoms with Gasteiger partial charge in [-0.3, -0.25) is 4.79 Å². The summed E-state index contributed by atoms with van der Waals surface area (Å²) in [6.45, 7) is 12.6. The van der Waals surface area contributed by atoms with Gasteiger partial charge in [0.25, 0.3) is 0 Å². The number of amides is 1. The molecule has 1 aliphatic heterocycles. The van der Waals surface area contributed by atoms with Crippen LogP contribution in [0.3, 0.4) is 0 Å². The fourth-order valence-corrected chi connectivity index (χ4v) is 4.63. The number of nitrogens with zero attached hydrogens (tertiary/aromatic N) is 4. The summed E-state index contributed by atoms with van der Waals surface area (Å²) in [7, 11) is 0. The van der Waals surface area contributed by atoms with E-state index < -0.39 is 0 Å². The summed E-state index contributed by atoms with van der Waals surface area (Å²) >= 11 is 0. The van der Waals surface area contributed by atoms with E-state index in [1.807, 2.05) is 19.9 Å². The van der Waals surface area contributed by atoms with Crippen molar-refractivity contribution in [3.05, 3.63) is 47.8 Å². The van der Waals surface area contributed by atoms with Crippen LogP contribution >= 0.6 is 0 Å². The van der Waals surface area contributed by atoms with Crippen molar-refractivity contribution in [3.8, 4) is 0 Å². The third-order valence-corrected chi connectivity index (χ3v) is 6.28. The molecule has 2 aromatic heterocycles. The van der Waals surface area contributed by atoms with E-state index in [1.165, 1.54) is 16.6 Å². The molecule has 0 bridgehead atoms. The molecule has 1 aliphatic rings. The largest absolute Gasteiger partial charge is 0.382 e. The molecule has 8 nitrogen and oxygen atoms in total. The monoisotopic (exact) mass is 478 g/mol. The molecular formula is C27H38N6O2. The molecule has 35 heavy (non-hydrogen) atoms. The molecule has 8 heteroatoms. The highest BCUT2D eigenvalue weighted by molar-refractivity contribution is 5.84. The zero-order chi connectivity index (χ0) is 24.8.